The summed E-state index contributed by atoms with van der Waals surface area (Å²) in [6.45, 7) is 0. The lowest BCUT2D eigenvalue weighted by atomic mass is 9.98. The number of hydrogen-bond acceptors (Lipinski definition) is 1. The third-order valence-electron chi connectivity index (χ3n) is 11.7. The first-order valence-corrected chi connectivity index (χ1v) is 20.3. The summed E-state index contributed by atoms with van der Waals surface area (Å²) in [4.78, 5) is 0. The number of thiophene rings is 1. The fraction of sp³-hybridized carbons (Fsp3) is 0. The summed E-state index contributed by atoms with van der Waals surface area (Å²) >= 11 is 1.89. The van der Waals surface area contributed by atoms with Crippen LogP contribution in [0.25, 0.3) is 109 Å². The first-order valence-electron chi connectivity index (χ1n) is 19.5. The van der Waals surface area contributed by atoms with Gasteiger partial charge in [-0.05, 0) is 94.5 Å². The predicted octanol–water partition coefficient (Wildman–Crippen LogP) is 15.2. The Hall–Kier alpha value is -7.20. The van der Waals surface area contributed by atoms with Crippen molar-refractivity contribution in [3.8, 4) is 44.8 Å². The summed E-state index contributed by atoms with van der Waals surface area (Å²) in [6.07, 6.45) is 0. The van der Waals surface area contributed by atoms with Gasteiger partial charge in [-0.1, -0.05) is 140 Å². The Kier molecular flexibility index (Phi) is 7.13. The molecule has 0 radical (unpaired) electrons. The van der Waals surface area contributed by atoms with Crippen LogP contribution in [0.5, 0.6) is 0 Å². The maximum atomic E-state index is 2.47. The Morgan fingerprint density at radius 1 is 0.281 bits per heavy atom. The molecule has 57 heavy (non-hydrogen) atoms. The second kappa shape index (κ2) is 12.7. The number of rotatable bonds is 5. The third-order valence-corrected chi connectivity index (χ3v) is 12.9. The van der Waals surface area contributed by atoms with Gasteiger partial charge in [-0.3, -0.25) is 0 Å². The molecule has 3 heteroatoms. The minimum absolute atomic E-state index is 1.17. The molecule has 12 rings (SSSR count). The number of para-hydroxylation sites is 3. The molecule has 0 unspecified atom stereocenters. The molecule has 0 aliphatic heterocycles. The van der Waals surface area contributed by atoms with Crippen LogP contribution >= 0.6 is 11.3 Å². The second-order valence-corrected chi connectivity index (χ2v) is 16.0. The van der Waals surface area contributed by atoms with E-state index >= 15 is 0 Å². The van der Waals surface area contributed by atoms with Crippen LogP contribution in [0.1, 0.15) is 0 Å². The van der Waals surface area contributed by atoms with Crippen molar-refractivity contribution < 1.29 is 0 Å². The molecule has 0 aliphatic carbocycles. The van der Waals surface area contributed by atoms with Gasteiger partial charge in [0.25, 0.3) is 0 Å². The highest BCUT2D eigenvalue weighted by Crippen LogP contribution is 2.44. The first-order chi connectivity index (χ1) is 28.3. The molecule has 0 saturated carbocycles. The highest BCUT2D eigenvalue weighted by atomic mass is 32.1. The molecule has 9 aromatic carbocycles. The zero-order valence-corrected chi connectivity index (χ0v) is 31.7. The van der Waals surface area contributed by atoms with Crippen molar-refractivity contribution in [3.63, 3.8) is 0 Å². The van der Waals surface area contributed by atoms with Crippen molar-refractivity contribution in [3.05, 3.63) is 206 Å². The van der Waals surface area contributed by atoms with Crippen LogP contribution in [0.2, 0.25) is 0 Å². The van der Waals surface area contributed by atoms with Gasteiger partial charge in [0.05, 0.1) is 22.1 Å². The molecule has 3 heterocycles. The molecular formula is C54H34N2S. The molecule has 3 aromatic heterocycles. The van der Waals surface area contributed by atoms with Crippen molar-refractivity contribution in [1.29, 1.82) is 0 Å². The zero-order chi connectivity index (χ0) is 37.5. The Balaban J connectivity index is 1.05. The summed E-state index contributed by atoms with van der Waals surface area (Å²) in [5, 5.41) is 7.61. The van der Waals surface area contributed by atoms with Crippen LogP contribution < -0.4 is 0 Å². The molecule has 266 valence electrons. The molecular weight excluding hydrogens is 709 g/mol. The molecule has 2 nitrogen and oxygen atoms in total. The minimum Gasteiger partial charge on any atom is -0.309 e. The van der Waals surface area contributed by atoms with Crippen LogP contribution in [0.3, 0.4) is 0 Å². The van der Waals surface area contributed by atoms with Crippen molar-refractivity contribution in [2.75, 3.05) is 0 Å². The quantitative estimate of drug-likeness (QED) is 0.166. The Bertz CT molecular complexity index is 3490. The van der Waals surface area contributed by atoms with Crippen LogP contribution in [0, 0.1) is 0 Å². The van der Waals surface area contributed by atoms with Gasteiger partial charge in [-0.2, -0.15) is 0 Å². The molecule has 0 fully saturated rings. The zero-order valence-electron chi connectivity index (χ0n) is 30.9. The third kappa shape index (κ3) is 5.03. The van der Waals surface area contributed by atoms with Crippen molar-refractivity contribution in [1.82, 2.24) is 9.13 Å². The second-order valence-electron chi connectivity index (χ2n) is 14.9. The summed E-state index contributed by atoms with van der Waals surface area (Å²) in [5.74, 6) is 0. The minimum atomic E-state index is 1.17. The van der Waals surface area contributed by atoms with E-state index in [0.717, 1.165) is 0 Å². The lowest BCUT2D eigenvalue weighted by Crippen LogP contribution is -1.95. The Labute approximate surface area is 333 Å². The van der Waals surface area contributed by atoms with Gasteiger partial charge in [0, 0.05) is 58.7 Å². The standard InChI is InChI=1S/C54H34N2S/c1-3-13-35(14-4-1)36-23-25-37(26-24-36)45-33-41(34-48-44-19-9-12-22-53(44)57-54(45)48)56-50-21-11-8-18-43(50)47-32-39(28-30-52(47)56)38-27-29-51-46(31-38)42-17-7-10-20-49(42)55(51)40-15-5-2-6-16-40/h1-34H. The topological polar surface area (TPSA) is 9.86 Å². The van der Waals surface area contributed by atoms with Crippen molar-refractivity contribution in [2.24, 2.45) is 0 Å². The van der Waals surface area contributed by atoms with E-state index in [2.05, 4.69) is 215 Å². The van der Waals surface area contributed by atoms with Crippen LogP contribution in [0.4, 0.5) is 0 Å². The van der Waals surface area contributed by atoms with E-state index < -0.39 is 0 Å². The monoisotopic (exact) mass is 742 g/mol. The van der Waals surface area contributed by atoms with Crippen LogP contribution in [-0.2, 0) is 0 Å². The largest absolute Gasteiger partial charge is 0.309 e. The van der Waals surface area contributed by atoms with E-state index in [1.807, 2.05) is 11.3 Å². The van der Waals surface area contributed by atoms with E-state index in [9.17, 15) is 0 Å². The maximum Gasteiger partial charge on any atom is 0.0541 e. The highest BCUT2D eigenvalue weighted by Gasteiger charge is 2.19. The number of nitrogens with zero attached hydrogens (tertiary/aromatic N) is 2. The molecule has 0 aliphatic rings. The highest BCUT2D eigenvalue weighted by molar-refractivity contribution is 7.26. The first kappa shape index (κ1) is 32.1. The summed E-state index contributed by atoms with van der Waals surface area (Å²) < 4.78 is 7.48. The Morgan fingerprint density at radius 2 is 0.754 bits per heavy atom. The molecule has 0 atom stereocenters. The number of hydrogen-bond donors (Lipinski definition) is 0. The summed E-state index contributed by atoms with van der Waals surface area (Å²) in [5.41, 5.74) is 14.5. The van der Waals surface area contributed by atoms with Gasteiger partial charge in [0.15, 0.2) is 0 Å². The Morgan fingerprint density at radius 3 is 1.40 bits per heavy atom. The van der Waals surface area contributed by atoms with E-state index in [1.54, 1.807) is 0 Å². The van der Waals surface area contributed by atoms with E-state index in [1.165, 1.54) is 109 Å². The molecule has 0 bridgehead atoms. The van der Waals surface area contributed by atoms with Gasteiger partial charge in [-0.15, -0.1) is 11.3 Å². The van der Waals surface area contributed by atoms with Crippen molar-refractivity contribution >= 4 is 75.1 Å². The predicted molar refractivity (Wildman–Crippen MR) is 244 cm³/mol. The van der Waals surface area contributed by atoms with Gasteiger partial charge in [-0.25, -0.2) is 0 Å². The van der Waals surface area contributed by atoms with Crippen LogP contribution in [0.15, 0.2) is 206 Å². The maximum absolute atomic E-state index is 2.47. The molecule has 0 saturated heterocycles. The number of aromatic nitrogens is 2. The van der Waals surface area contributed by atoms with E-state index in [0.29, 0.717) is 0 Å². The van der Waals surface area contributed by atoms with E-state index in [-0.39, 0.29) is 0 Å². The average Bonchev–Trinajstić information content (AvgIpc) is 3.94. The van der Waals surface area contributed by atoms with E-state index in [4.69, 9.17) is 0 Å². The fourth-order valence-corrected chi connectivity index (χ4v) is 10.3. The van der Waals surface area contributed by atoms with Gasteiger partial charge < -0.3 is 9.13 Å². The summed E-state index contributed by atoms with van der Waals surface area (Å²) in [6, 6.07) is 75.7. The lowest BCUT2D eigenvalue weighted by Gasteiger charge is -2.13. The molecule has 0 spiro atoms. The SMILES string of the molecule is c1ccc(-c2ccc(-c3cc(-n4c5ccccc5c5cc(-c6ccc7c(c6)c6ccccc6n7-c6ccccc6)ccc54)cc4c3sc3ccccc34)cc2)cc1. The molecule has 0 amide bonds. The fourth-order valence-electron chi connectivity index (χ4n) is 9.07. The normalized spacial score (nSPS) is 11.9. The average molecular weight is 743 g/mol. The number of benzene rings is 9. The van der Waals surface area contributed by atoms with Crippen molar-refractivity contribution in [2.45, 2.75) is 0 Å². The smallest absolute Gasteiger partial charge is 0.0541 e. The van der Waals surface area contributed by atoms with Gasteiger partial charge >= 0.3 is 0 Å². The molecule has 12 aromatic rings. The molecule has 0 N–H and O–H groups in total. The van der Waals surface area contributed by atoms with Crippen LogP contribution in [-0.4, -0.2) is 9.13 Å². The lowest BCUT2D eigenvalue weighted by molar-refractivity contribution is 1.18. The number of fused-ring (bicyclic) bond motifs is 9. The summed E-state index contributed by atoms with van der Waals surface area (Å²) in [7, 11) is 0. The van der Waals surface area contributed by atoms with Gasteiger partial charge in [0.1, 0.15) is 0 Å². The van der Waals surface area contributed by atoms with Gasteiger partial charge in [0.2, 0.25) is 0 Å².